The number of benzene rings is 2. The molecule has 2 aromatic rings. The van der Waals surface area contributed by atoms with Crippen LogP contribution in [0.3, 0.4) is 0 Å². The second kappa shape index (κ2) is 7.97. The summed E-state index contributed by atoms with van der Waals surface area (Å²) in [5.74, 6) is 0.576. The van der Waals surface area contributed by atoms with Crippen molar-refractivity contribution >= 4 is 23.6 Å². The molecule has 1 aliphatic carbocycles. The van der Waals surface area contributed by atoms with Gasteiger partial charge in [-0.2, -0.15) is 0 Å². The molecule has 1 fully saturated rings. The summed E-state index contributed by atoms with van der Waals surface area (Å²) in [5, 5.41) is 10.2. The van der Waals surface area contributed by atoms with E-state index in [2.05, 4.69) is 13.0 Å². The fourth-order valence-corrected chi connectivity index (χ4v) is 5.53. The number of likely N-dealkylation sites (tertiary alicyclic amines) is 1. The minimum atomic E-state index is 0.00568. The molecule has 4 heteroatoms. The van der Waals surface area contributed by atoms with Gasteiger partial charge in [0, 0.05) is 29.6 Å². The summed E-state index contributed by atoms with van der Waals surface area (Å²) < 4.78 is 0. The van der Waals surface area contributed by atoms with Gasteiger partial charge in [0.05, 0.1) is 6.61 Å². The molecule has 4 rings (SSSR count). The first-order valence-corrected chi connectivity index (χ1v) is 10.8. The quantitative estimate of drug-likeness (QED) is 0.706. The van der Waals surface area contributed by atoms with E-state index >= 15 is 0 Å². The molecule has 2 aliphatic rings. The number of aliphatic hydroxyl groups is 1. The van der Waals surface area contributed by atoms with Crippen molar-refractivity contribution in [2.75, 3.05) is 13.1 Å². The number of rotatable bonds is 3. The Kier molecular flexibility index (Phi) is 5.54. The van der Waals surface area contributed by atoms with Crippen molar-refractivity contribution in [2.24, 2.45) is 0 Å². The van der Waals surface area contributed by atoms with Gasteiger partial charge in [-0.15, -0.1) is 0 Å². The van der Waals surface area contributed by atoms with Gasteiger partial charge >= 0.3 is 0 Å². The minimum Gasteiger partial charge on any atom is -0.392 e. The summed E-state index contributed by atoms with van der Waals surface area (Å²) in [6.45, 7) is 5.82. The van der Waals surface area contributed by atoms with Crippen molar-refractivity contribution < 1.29 is 9.90 Å². The maximum absolute atomic E-state index is 12.8. The third-order valence-electron chi connectivity index (χ3n) is 6.77. The number of carbonyl (C=O) groups is 1. The van der Waals surface area contributed by atoms with Gasteiger partial charge in [-0.3, -0.25) is 4.79 Å². The molecular formula is C25H28ClNO2. The van der Waals surface area contributed by atoms with Gasteiger partial charge in [-0.1, -0.05) is 42.8 Å². The zero-order valence-electron chi connectivity index (χ0n) is 17.1. The normalized spacial score (nSPS) is 20.4. The number of piperidine rings is 1. The number of hydrogen-bond acceptors (Lipinski definition) is 2. The molecule has 1 heterocycles. The van der Waals surface area contributed by atoms with Crippen LogP contribution in [0.4, 0.5) is 0 Å². The fraction of sp³-hybridized carbons (Fsp3) is 0.400. The van der Waals surface area contributed by atoms with E-state index in [4.69, 9.17) is 11.6 Å². The molecule has 1 N–H and O–H groups in total. The van der Waals surface area contributed by atoms with E-state index in [9.17, 15) is 9.90 Å². The molecule has 1 atom stereocenters. The summed E-state index contributed by atoms with van der Waals surface area (Å²) >= 11 is 6.60. The Bertz CT molecular complexity index is 957. The summed E-state index contributed by atoms with van der Waals surface area (Å²) in [7, 11) is 0. The third kappa shape index (κ3) is 3.74. The molecule has 3 nitrogen and oxygen atoms in total. The highest BCUT2D eigenvalue weighted by atomic mass is 35.5. The maximum Gasteiger partial charge on any atom is 0.246 e. The molecule has 0 saturated carbocycles. The number of aliphatic hydroxyl groups excluding tert-OH is 1. The first kappa shape index (κ1) is 20.2. The first-order chi connectivity index (χ1) is 13.9. The number of aryl methyl sites for hydroxylation is 1. The van der Waals surface area contributed by atoms with Crippen molar-refractivity contribution in [1.29, 1.82) is 0 Å². The summed E-state index contributed by atoms with van der Waals surface area (Å²) in [5.41, 5.74) is 5.75. The molecular weight excluding hydrogens is 382 g/mol. The lowest BCUT2D eigenvalue weighted by atomic mass is 9.73. The topological polar surface area (TPSA) is 40.5 Å². The van der Waals surface area contributed by atoms with E-state index in [1.807, 2.05) is 48.2 Å². The van der Waals surface area contributed by atoms with Gasteiger partial charge in [0.2, 0.25) is 5.91 Å². The first-order valence-electron chi connectivity index (χ1n) is 10.4. The van der Waals surface area contributed by atoms with Crippen molar-refractivity contribution in [3.8, 4) is 0 Å². The molecule has 0 bridgehead atoms. The van der Waals surface area contributed by atoms with Crippen molar-refractivity contribution in [2.45, 2.75) is 51.0 Å². The molecule has 1 unspecified atom stereocenters. The Balaban J connectivity index is 1.47. The lowest BCUT2D eigenvalue weighted by molar-refractivity contribution is -0.127. The van der Waals surface area contributed by atoms with Crippen LogP contribution in [0.2, 0.25) is 5.02 Å². The summed E-state index contributed by atoms with van der Waals surface area (Å²) in [6.07, 6.45) is 6.58. The van der Waals surface area contributed by atoms with E-state index in [1.165, 1.54) is 11.1 Å². The highest BCUT2D eigenvalue weighted by Gasteiger charge is 2.45. The van der Waals surface area contributed by atoms with E-state index in [1.54, 1.807) is 6.08 Å². The molecule has 0 aromatic heterocycles. The van der Waals surface area contributed by atoms with Gasteiger partial charge in [-0.25, -0.2) is 0 Å². The van der Waals surface area contributed by atoms with Crippen LogP contribution in [0.1, 0.15) is 59.9 Å². The van der Waals surface area contributed by atoms with Crippen LogP contribution in [0.25, 0.3) is 6.08 Å². The minimum absolute atomic E-state index is 0.00568. The number of halogens is 1. The zero-order valence-corrected chi connectivity index (χ0v) is 17.9. The van der Waals surface area contributed by atoms with Crippen molar-refractivity contribution in [1.82, 2.24) is 4.90 Å². The fourth-order valence-electron chi connectivity index (χ4n) is 5.15. The Labute approximate surface area is 178 Å². The average molecular weight is 410 g/mol. The Morgan fingerprint density at radius 1 is 1.28 bits per heavy atom. The van der Waals surface area contributed by atoms with Crippen LogP contribution in [-0.2, 0) is 16.8 Å². The predicted molar refractivity (Wildman–Crippen MR) is 118 cm³/mol. The van der Waals surface area contributed by atoms with Crippen molar-refractivity contribution in [3.05, 3.63) is 75.3 Å². The van der Waals surface area contributed by atoms with Gasteiger partial charge in [0.15, 0.2) is 0 Å². The number of carbonyl (C=O) groups excluding carboxylic acids is 1. The van der Waals surface area contributed by atoms with Crippen molar-refractivity contribution in [3.63, 3.8) is 0 Å². The van der Waals surface area contributed by atoms with Crippen LogP contribution in [0, 0.1) is 6.92 Å². The molecule has 0 radical (unpaired) electrons. The van der Waals surface area contributed by atoms with Crippen LogP contribution < -0.4 is 0 Å². The van der Waals surface area contributed by atoms with Gasteiger partial charge in [0.1, 0.15) is 0 Å². The highest BCUT2D eigenvalue weighted by molar-refractivity contribution is 6.31. The monoisotopic (exact) mass is 409 g/mol. The predicted octanol–water partition coefficient (Wildman–Crippen LogP) is 5.22. The van der Waals surface area contributed by atoms with Crippen LogP contribution in [0.15, 0.2) is 42.5 Å². The lowest BCUT2D eigenvalue weighted by Crippen LogP contribution is -2.44. The third-order valence-corrected chi connectivity index (χ3v) is 7.08. The Morgan fingerprint density at radius 2 is 2.03 bits per heavy atom. The van der Waals surface area contributed by atoms with Crippen LogP contribution >= 0.6 is 11.6 Å². The van der Waals surface area contributed by atoms with Crippen LogP contribution in [0.5, 0.6) is 0 Å². The molecule has 29 heavy (non-hydrogen) atoms. The second-order valence-corrected chi connectivity index (χ2v) is 9.00. The average Bonchev–Trinajstić information content (AvgIpc) is 3.00. The van der Waals surface area contributed by atoms with Gasteiger partial charge < -0.3 is 10.0 Å². The molecule has 1 saturated heterocycles. The molecule has 152 valence electrons. The zero-order chi connectivity index (χ0) is 20.6. The Morgan fingerprint density at radius 3 is 2.76 bits per heavy atom. The van der Waals surface area contributed by atoms with Gasteiger partial charge in [0.25, 0.3) is 0 Å². The Hall–Kier alpha value is -2.10. The molecule has 1 aliphatic heterocycles. The number of amides is 1. The molecule has 2 aromatic carbocycles. The molecule has 1 amide bonds. The van der Waals surface area contributed by atoms with E-state index in [-0.39, 0.29) is 17.9 Å². The maximum atomic E-state index is 12.8. The SMILES string of the molecule is Cc1ccc(CO)cc1/C=C/C(=O)N1CCC2(CC1)CC(C)c1cccc(Cl)c12. The largest absolute Gasteiger partial charge is 0.392 e. The van der Waals surface area contributed by atoms with Gasteiger partial charge in [-0.05, 0) is 78.1 Å². The summed E-state index contributed by atoms with van der Waals surface area (Å²) in [6, 6.07) is 12.1. The number of fused-ring (bicyclic) bond motifs is 2. The van der Waals surface area contributed by atoms with E-state index in [0.717, 1.165) is 54.1 Å². The smallest absolute Gasteiger partial charge is 0.246 e. The lowest BCUT2D eigenvalue weighted by Gasteiger charge is -2.40. The van der Waals surface area contributed by atoms with Crippen LogP contribution in [-0.4, -0.2) is 29.0 Å². The molecule has 1 spiro atoms. The summed E-state index contributed by atoms with van der Waals surface area (Å²) in [4.78, 5) is 14.7. The highest BCUT2D eigenvalue weighted by Crippen LogP contribution is 2.53. The number of nitrogens with zero attached hydrogens (tertiary/aromatic N) is 1. The number of hydrogen-bond donors (Lipinski definition) is 1. The van der Waals surface area contributed by atoms with E-state index < -0.39 is 0 Å². The standard InChI is InChI=1S/C25H28ClNO2/c1-17-6-7-19(16-28)14-20(17)8-9-23(29)27-12-10-25(11-13-27)15-18(2)21-4-3-5-22(26)24(21)25/h3-9,14,18,28H,10-13,15-16H2,1-2H3/b9-8+. The second-order valence-electron chi connectivity index (χ2n) is 8.60. The van der Waals surface area contributed by atoms with E-state index in [0.29, 0.717) is 5.92 Å².